The minimum Gasteiger partial charge on any atom is -0.342 e. The maximum Gasteiger partial charge on any atom is 0.225 e. The lowest BCUT2D eigenvalue weighted by molar-refractivity contribution is -0.134. The molecule has 0 saturated carbocycles. The van der Waals surface area contributed by atoms with E-state index in [2.05, 4.69) is 6.92 Å². The Bertz CT molecular complexity index is 151. The first kappa shape index (κ1) is 17.9. The Morgan fingerprint density at radius 3 is 1.94 bits per heavy atom. The van der Waals surface area contributed by atoms with Crippen LogP contribution < -0.4 is 0 Å². The van der Waals surface area contributed by atoms with Crippen LogP contribution in [-0.4, -0.2) is 23.9 Å². The van der Waals surface area contributed by atoms with Crippen LogP contribution in [-0.2, 0) is 4.79 Å². The molecule has 0 radical (unpaired) electrons. The molecule has 1 heterocycles. The van der Waals surface area contributed by atoms with Crippen molar-refractivity contribution in [3.8, 4) is 0 Å². The zero-order chi connectivity index (χ0) is 13.0. The second kappa shape index (κ2) is 12.5. The van der Waals surface area contributed by atoms with Gasteiger partial charge in [0, 0.05) is 19.0 Å². The molecule has 2 nitrogen and oxygen atoms in total. The minimum absolute atomic E-state index is 0.244. The van der Waals surface area contributed by atoms with Crippen LogP contribution in [0.2, 0.25) is 0 Å². The van der Waals surface area contributed by atoms with Gasteiger partial charge in [0.25, 0.3) is 0 Å². The molecule has 16 heavy (non-hydrogen) atoms. The van der Waals surface area contributed by atoms with Crippen LogP contribution >= 0.6 is 0 Å². The van der Waals surface area contributed by atoms with Crippen molar-refractivity contribution < 1.29 is 4.79 Å². The predicted octanol–water partition coefficient (Wildman–Crippen LogP) is 4.10. The third kappa shape index (κ3) is 6.86. The number of carbonyl (C=O) groups is 1. The molecule has 0 aliphatic carbocycles. The molecule has 1 saturated heterocycles. The van der Waals surface area contributed by atoms with Crippen molar-refractivity contribution in [1.82, 2.24) is 4.90 Å². The lowest BCUT2D eigenvalue weighted by Crippen LogP contribution is -2.32. The van der Waals surface area contributed by atoms with Crippen molar-refractivity contribution >= 4 is 5.91 Å². The molecule has 1 rings (SSSR count). The van der Waals surface area contributed by atoms with Crippen molar-refractivity contribution in [1.29, 1.82) is 0 Å². The van der Waals surface area contributed by atoms with E-state index in [1.807, 2.05) is 39.5 Å². The van der Waals surface area contributed by atoms with Gasteiger partial charge in [-0.1, -0.05) is 48.0 Å². The lowest BCUT2D eigenvalue weighted by atomic mass is 10.1. The summed E-state index contributed by atoms with van der Waals surface area (Å²) in [5.41, 5.74) is 0. The number of hydrogen-bond acceptors (Lipinski definition) is 1. The monoisotopic (exact) mass is 229 g/mol. The van der Waals surface area contributed by atoms with E-state index in [9.17, 15) is 4.79 Å². The van der Waals surface area contributed by atoms with Crippen molar-refractivity contribution in [3.05, 3.63) is 0 Å². The first-order valence-electron chi connectivity index (χ1n) is 7.04. The molecule has 1 amide bonds. The molecule has 0 bridgehead atoms. The third-order valence-electron chi connectivity index (χ3n) is 2.56. The minimum atomic E-state index is 0.244. The summed E-state index contributed by atoms with van der Waals surface area (Å²) in [6, 6.07) is 0. The normalized spacial score (nSPS) is 15.5. The predicted molar refractivity (Wildman–Crippen MR) is 72.6 cm³/mol. The average molecular weight is 229 g/mol. The number of hydrogen-bond donors (Lipinski definition) is 0. The first-order chi connectivity index (χ1) is 7.75. The van der Waals surface area contributed by atoms with E-state index in [1.54, 1.807) is 0 Å². The number of amides is 1. The quantitative estimate of drug-likeness (QED) is 0.713. The van der Waals surface area contributed by atoms with Gasteiger partial charge in [-0.05, 0) is 19.3 Å². The van der Waals surface area contributed by atoms with Crippen molar-refractivity contribution in [2.45, 2.75) is 67.2 Å². The van der Waals surface area contributed by atoms with Crippen LogP contribution in [0.5, 0.6) is 0 Å². The molecule has 0 spiro atoms. The smallest absolute Gasteiger partial charge is 0.225 e. The van der Waals surface area contributed by atoms with E-state index >= 15 is 0 Å². The fourth-order valence-electron chi connectivity index (χ4n) is 1.81. The standard InChI is InChI=1S/C10H19NO.2C2H6/c1-3-6-9(2)10(12)11-7-4-5-8-11;2*1-2/h9H,3-8H2,1-2H3;2*1-2H3. The van der Waals surface area contributed by atoms with Crippen LogP contribution in [0, 0.1) is 5.92 Å². The maximum absolute atomic E-state index is 11.7. The molecule has 1 aliphatic rings. The van der Waals surface area contributed by atoms with Crippen LogP contribution in [0.1, 0.15) is 67.2 Å². The molecule has 1 unspecified atom stereocenters. The lowest BCUT2D eigenvalue weighted by Gasteiger charge is -2.19. The van der Waals surface area contributed by atoms with Crippen molar-refractivity contribution in [3.63, 3.8) is 0 Å². The Kier molecular flexibility index (Phi) is 14.0. The molecule has 0 aromatic carbocycles. The van der Waals surface area contributed by atoms with Gasteiger partial charge in [0.15, 0.2) is 0 Å². The second-order valence-electron chi connectivity index (χ2n) is 3.72. The van der Waals surface area contributed by atoms with Gasteiger partial charge in [-0.25, -0.2) is 0 Å². The van der Waals surface area contributed by atoms with Crippen LogP contribution in [0.3, 0.4) is 0 Å². The molecule has 0 aromatic heterocycles. The fourth-order valence-corrected chi connectivity index (χ4v) is 1.81. The topological polar surface area (TPSA) is 20.3 Å². The Labute approximate surface area is 102 Å². The average Bonchev–Trinajstić information content (AvgIpc) is 2.87. The zero-order valence-electron chi connectivity index (χ0n) is 12.2. The Morgan fingerprint density at radius 1 is 1.12 bits per heavy atom. The third-order valence-corrected chi connectivity index (χ3v) is 2.56. The summed E-state index contributed by atoms with van der Waals surface area (Å²) in [6.45, 7) is 14.2. The SMILES string of the molecule is CC.CC.CCCC(C)C(=O)N1CCCC1. The van der Waals surface area contributed by atoms with E-state index in [0.717, 1.165) is 25.9 Å². The highest BCUT2D eigenvalue weighted by atomic mass is 16.2. The van der Waals surface area contributed by atoms with Crippen molar-refractivity contribution in [2.24, 2.45) is 5.92 Å². The van der Waals surface area contributed by atoms with E-state index < -0.39 is 0 Å². The highest BCUT2D eigenvalue weighted by Crippen LogP contribution is 2.14. The summed E-state index contributed by atoms with van der Waals surface area (Å²) in [5, 5.41) is 0. The van der Waals surface area contributed by atoms with Crippen LogP contribution in [0.25, 0.3) is 0 Å². The first-order valence-corrected chi connectivity index (χ1v) is 7.04. The molecule has 1 aliphatic heterocycles. The molecular weight excluding hydrogens is 198 g/mol. The van der Waals surface area contributed by atoms with E-state index in [-0.39, 0.29) is 5.92 Å². The number of rotatable bonds is 3. The number of likely N-dealkylation sites (tertiary alicyclic amines) is 1. The molecule has 0 N–H and O–H groups in total. The van der Waals surface area contributed by atoms with Gasteiger partial charge >= 0.3 is 0 Å². The molecule has 2 heteroatoms. The number of nitrogens with zero attached hydrogens (tertiary/aromatic N) is 1. The summed E-state index contributed by atoms with van der Waals surface area (Å²) < 4.78 is 0. The molecular formula is C14H31NO. The largest absolute Gasteiger partial charge is 0.342 e. The molecule has 0 aromatic rings. The van der Waals surface area contributed by atoms with Gasteiger partial charge in [-0.15, -0.1) is 0 Å². The molecule has 1 atom stereocenters. The summed E-state index contributed by atoms with van der Waals surface area (Å²) in [5.74, 6) is 0.613. The van der Waals surface area contributed by atoms with Gasteiger partial charge in [0.05, 0.1) is 0 Å². The molecule has 98 valence electrons. The van der Waals surface area contributed by atoms with Gasteiger partial charge in [0.1, 0.15) is 0 Å². The second-order valence-corrected chi connectivity index (χ2v) is 3.72. The highest BCUT2D eigenvalue weighted by molar-refractivity contribution is 5.78. The van der Waals surface area contributed by atoms with Gasteiger partial charge in [0.2, 0.25) is 5.91 Å². The van der Waals surface area contributed by atoms with Crippen LogP contribution in [0.15, 0.2) is 0 Å². The van der Waals surface area contributed by atoms with E-state index in [0.29, 0.717) is 5.91 Å². The summed E-state index contributed by atoms with van der Waals surface area (Å²) in [6.07, 6.45) is 4.55. The van der Waals surface area contributed by atoms with Gasteiger partial charge in [-0.3, -0.25) is 4.79 Å². The highest BCUT2D eigenvalue weighted by Gasteiger charge is 2.21. The zero-order valence-corrected chi connectivity index (χ0v) is 12.2. The summed E-state index contributed by atoms with van der Waals surface area (Å²) in [4.78, 5) is 13.7. The fraction of sp³-hybridized carbons (Fsp3) is 0.929. The Morgan fingerprint density at radius 2 is 1.56 bits per heavy atom. The Hall–Kier alpha value is -0.530. The van der Waals surface area contributed by atoms with Gasteiger partial charge < -0.3 is 4.90 Å². The van der Waals surface area contributed by atoms with Gasteiger partial charge in [-0.2, -0.15) is 0 Å². The Balaban J connectivity index is 0. The summed E-state index contributed by atoms with van der Waals surface area (Å²) in [7, 11) is 0. The summed E-state index contributed by atoms with van der Waals surface area (Å²) >= 11 is 0. The molecule has 1 fully saturated rings. The van der Waals surface area contributed by atoms with Crippen LogP contribution in [0.4, 0.5) is 0 Å². The van der Waals surface area contributed by atoms with E-state index in [4.69, 9.17) is 0 Å². The number of carbonyl (C=O) groups excluding carboxylic acids is 1. The van der Waals surface area contributed by atoms with Crippen molar-refractivity contribution in [2.75, 3.05) is 13.1 Å². The maximum atomic E-state index is 11.7. The van der Waals surface area contributed by atoms with E-state index in [1.165, 1.54) is 12.8 Å².